The molecule has 3 rings (SSSR count). The van der Waals surface area contributed by atoms with Gasteiger partial charge in [0.15, 0.2) is 0 Å². The van der Waals surface area contributed by atoms with Crippen LogP contribution in [0.4, 0.5) is 0 Å². The maximum Gasteiger partial charge on any atom is 0.124 e. The third-order valence-electron chi connectivity index (χ3n) is 5.45. The number of thioether (sulfide) groups is 1. The largest absolute Gasteiger partial charge is 0.489 e. The lowest BCUT2D eigenvalue weighted by molar-refractivity contribution is 0.187. The van der Waals surface area contributed by atoms with E-state index in [2.05, 4.69) is 93.7 Å². The SMILES string of the molecule is CCc1ccc2c(c1)C(SCCN(C(C)C)C(C)C)c1ccccc1CO2. The van der Waals surface area contributed by atoms with Gasteiger partial charge in [-0.05, 0) is 56.9 Å². The smallest absolute Gasteiger partial charge is 0.124 e. The van der Waals surface area contributed by atoms with Gasteiger partial charge in [-0.1, -0.05) is 43.3 Å². The molecule has 2 nitrogen and oxygen atoms in total. The van der Waals surface area contributed by atoms with E-state index in [0.717, 1.165) is 24.5 Å². The molecule has 0 N–H and O–H groups in total. The molecule has 3 heteroatoms. The molecule has 1 aliphatic rings. The number of hydrogen-bond acceptors (Lipinski definition) is 3. The lowest BCUT2D eigenvalue weighted by Gasteiger charge is -2.31. The van der Waals surface area contributed by atoms with Crippen LogP contribution in [0.15, 0.2) is 42.5 Å². The van der Waals surface area contributed by atoms with Gasteiger partial charge >= 0.3 is 0 Å². The molecule has 0 fully saturated rings. The third kappa shape index (κ3) is 4.70. The van der Waals surface area contributed by atoms with Crippen LogP contribution in [0.25, 0.3) is 0 Å². The highest BCUT2D eigenvalue weighted by Crippen LogP contribution is 2.44. The molecule has 0 aliphatic carbocycles. The normalized spacial score (nSPS) is 16.2. The van der Waals surface area contributed by atoms with Crippen molar-refractivity contribution < 1.29 is 4.74 Å². The fourth-order valence-corrected chi connectivity index (χ4v) is 5.29. The van der Waals surface area contributed by atoms with Crippen molar-refractivity contribution in [3.05, 3.63) is 64.7 Å². The average molecular weight is 384 g/mol. The monoisotopic (exact) mass is 383 g/mol. The fourth-order valence-electron chi connectivity index (χ4n) is 3.97. The molecular formula is C24H33NOS. The molecule has 146 valence electrons. The molecule has 0 bridgehead atoms. The first-order chi connectivity index (χ1) is 13.0. The number of benzene rings is 2. The predicted octanol–water partition coefficient (Wildman–Crippen LogP) is 6.08. The van der Waals surface area contributed by atoms with Gasteiger partial charge in [0.25, 0.3) is 0 Å². The summed E-state index contributed by atoms with van der Waals surface area (Å²) in [5, 5.41) is 0.339. The minimum Gasteiger partial charge on any atom is -0.489 e. The van der Waals surface area contributed by atoms with Crippen molar-refractivity contribution in [2.24, 2.45) is 0 Å². The Bertz CT molecular complexity index is 748. The van der Waals surface area contributed by atoms with Crippen LogP contribution in [0.1, 0.15) is 62.1 Å². The van der Waals surface area contributed by atoms with Gasteiger partial charge in [-0.2, -0.15) is 0 Å². The Morgan fingerprint density at radius 1 is 1.04 bits per heavy atom. The van der Waals surface area contributed by atoms with Gasteiger partial charge in [-0.25, -0.2) is 0 Å². The van der Waals surface area contributed by atoms with E-state index in [4.69, 9.17) is 4.74 Å². The maximum absolute atomic E-state index is 6.18. The summed E-state index contributed by atoms with van der Waals surface area (Å²) in [5.41, 5.74) is 5.45. The second-order valence-electron chi connectivity index (χ2n) is 7.89. The van der Waals surface area contributed by atoms with Crippen LogP contribution in [-0.4, -0.2) is 29.3 Å². The Labute approximate surface area is 169 Å². The van der Waals surface area contributed by atoms with Crippen LogP contribution in [0.5, 0.6) is 5.75 Å². The van der Waals surface area contributed by atoms with Gasteiger partial charge in [0.2, 0.25) is 0 Å². The predicted molar refractivity (Wildman–Crippen MR) is 118 cm³/mol. The Kier molecular flexibility index (Phi) is 6.88. The van der Waals surface area contributed by atoms with Crippen LogP contribution in [0, 0.1) is 0 Å². The Morgan fingerprint density at radius 3 is 2.48 bits per heavy atom. The number of fused-ring (bicyclic) bond motifs is 2. The van der Waals surface area contributed by atoms with Crippen LogP contribution in [-0.2, 0) is 13.0 Å². The van der Waals surface area contributed by atoms with Gasteiger partial charge in [0.05, 0.1) is 5.25 Å². The first kappa shape index (κ1) is 20.3. The van der Waals surface area contributed by atoms with E-state index in [1.165, 1.54) is 22.3 Å². The van der Waals surface area contributed by atoms with Crippen molar-refractivity contribution in [2.45, 2.75) is 65.0 Å². The molecule has 0 saturated heterocycles. The van der Waals surface area contributed by atoms with E-state index in [1.54, 1.807) is 0 Å². The number of aryl methyl sites for hydroxylation is 1. The van der Waals surface area contributed by atoms with Crippen LogP contribution >= 0.6 is 11.8 Å². The van der Waals surface area contributed by atoms with E-state index in [0.29, 0.717) is 23.9 Å². The summed E-state index contributed by atoms with van der Waals surface area (Å²) in [5.74, 6) is 2.16. The topological polar surface area (TPSA) is 12.5 Å². The minimum absolute atomic E-state index is 0.339. The molecule has 0 spiro atoms. The second-order valence-corrected chi connectivity index (χ2v) is 9.10. The highest BCUT2D eigenvalue weighted by molar-refractivity contribution is 7.99. The lowest BCUT2D eigenvalue weighted by Crippen LogP contribution is -2.38. The van der Waals surface area contributed by atoms with Gasteiger partial charge in [-0.3, -0.25) is 4.90 Å². The van der Waals surface area contributed by atoms with Crippen molar-refractivity contribution in [3.8, 4) is 5.75 Å². The first-order valence-corrected chi connectivity index (χ1v) is 11.3. The molecule has 1 aliphatic heterocycles. The van der Waals surface area contributed by atoms with Gasteiger partial charge in [0, 0.05) is 29.9 Å². The third-order valence-corrected chi connectivity index (χ3v) is 6.71. The molecule has 1 unspecified atom stereocenters. The highest BCUT2D eigenvalue weighted by Gasteiger charge is 2.25. The number of rotatable bonds is 7. The highest BCUT2D eigenvalue weighted by atomic mass is 32.2. The minimum atomic E-state index is 0.339. The standard InChI is InChI=1S/C24H33NOS/c1-6-19-11-12-23-22(15-19)24(21-10-8-7-9-20(21)16-26-23)27-14-13-25(17(2)3)18(4)5/h7-12,15,17-18,24H,6,13-14,16H2,1-5H3. The zero-order valence-electron chi connectivity index (χ0n) is 17.4. The number of hydrogen-bond donors (Lipinski definition) is 0. The van der Waals surface area contributed by atoms with Gasteiger partial charge in [0.1, 0.15) is 12.4 Å². The molecule has 1 atom stereocenters. The summed E-state index contributed by atoms with van der Waals surface area (Å²) in [6.07, 6.45) is 1.06. The molecule has 0 amide bonds. The Balaban J connectivity index is 1.88. The molecule has 2 aromatic carbocycles. The van der Waals surface area contributed by atoms with Gasteiger partial charge < -0.3 is 4.74 Å². The number of ether oxygens (including phenoxy) is 1. The molecule has 0 aromatic heterocycles. The Hall–Kier alpha value is -1.45. The quantitative estimate of drug-likeness (QED) is 0.574. The molecule has 27 heavy (non-hydrogen) atoms. The van der Waals surface area contributed by atoms with Crippen molar-refractivity contribution in [2.75, 3.05) is 12.3 Å². The summed E-state index contributed by atoms with van der Waals surface area (Å²) in [7, 11) is 0. The first-order valence-electron chi connectivity index (χ1n) is 10.2. The summed E-state index contributed by atoms with van der Waals surface area (Å²) < 4.78 is 6.18. The fraction of sp³-hybridized carbons (Fsp3) is 0.500. The van der Waals surface area contributed by atoms with Crippen molar-refractivity contribution >= 4 is 11.8 Å². The van der Waals surface area contributed by atoms with Gasteiger partial charge in [-0.15, -0.1) is 11.8 Å². The summed E-state index contributed by atoms with van der Waals surface area (Å²) >= 11 is 2.06. The van der Waals surface area contributed by atoms with E-state index in [9.17, 15) is 0 Å². The van der Waals surface area contributed by atoms with E-state index in [1.807, 2.05) is 0 Å². The molecular weight excluding hydrogens is 350 g/mol. The second kappa shape index (κ2) is 9.16. The molecule has 0 radical (unpaired) electrons. The van der Waals surface area contributed by atoms with Crippen LogP contribution in [0.2, 0.25) is 0 Å². The maximum atomic E-state index is 6.18. The number of nitrogens with zero attached hydrogens (tertiary/aromatic N) is 1. The van der Waals surface area contributed by atoms with Crippen LogP contribution in [0.3, 0.4) is 0 Å². The summed E-state index contributed by atoms with van der Waals surface area (Å²) in [6, 6.07) is 16.7. The van der Waals surface area contributed by atoms with Crippen LogP contribution < -0.4 is 4.74 Å². The van der Waals surface area contributed by atoms with Crippen molar-refractivity contribution in [1.29, 1.82) is 0 Å². The van der Waals surface area contributed by atoms with E-state index in [-0.39, 0.29) is 0 Å². The lowest BCUT2D eigenvalue weighted by atomic mass is 9.98. The summed E-state index contributed by atoms with van der Waals surface area (Å²) in [4.78, 5) is 2.58. The molecule has 2 aromatic rings. The molecule has 0 saturated carbocycles. The zero-order valence-corrected chi connectivity index (χ0v) is 18.2. The van der Waals surface area contributed by atoms with Crippen molar-refractivity contribution in [1.82, 2.24) is 4.90 Å². The van der Waals surface area contributed by atoms with E-state index >= 15 is 0 Å². The zero-order chi connectivity index (χ0) is 19.4. The Morgan fingerprint density at radius 2 is 1.78 bits per heavy atom. The van der Waals surface area contributed by atoms with Crippen molar-refractivity contribution in [3.63, 3.8) is 0 Å². The summed E-state index contributed by atoms with van der Waals surface area (Å²) in [6.45, 7) is 13.2. The molecule has 1 heterocycles. The average Bonchev–Trinajstić information content (AvgIpc) is 2.81. The van der Waals surface area contributed by atoms with E-state index < -0.39 is 0 Å².